The van der Waals surface area contributed by atoms with E-state index in [9.17, 15) is 22.8 Å². The number of H-pyrrole nitrogens is 1. The van der Waals surface area contributed by atoms with Gasteiger partial charge in [0.15, 0.2) is 11.4 Å². The Balaban J connectivity index is 2.16. The molecule has 2 rings (SSSR count). The maximum Gasteiger partial charge on any atom is 0.416 e. The molecule has 0 radical (unpaired) electrons. The number of nitrogens with zero attached hydrogens (tertiary/aromatic N) is 1. The molecule has 0 aliphatic rings. The minimum absolute atomic E-state index is 0.0901. The lowest BCUT2D eigenvalue weighted by Gasteiger charge is -2.08. The standard InChI is InChI=1S/C12H8F3N3O3/c13-12(14,15)6-1-3-7(4-2-6)18-10(19)8-9(11(20)21)17-5-16-8/h1-5H,(H,16,17)(H,18,19)(H,20,21). The van der Waals surface area contributed by atoms with E-state index < -0.39 is 29.3 Å². The van der Waals surface area contributed by atoms with Gasteiger partial charge in [-0.2, -0.15) is 13.2 Å². The summed E-state index contributed by atoms with van der Waals surface area (Å²) in [6.45, 7) is 0. The second kappa shape index (κ2) is 5.27. The number of rotatable bonds is 3. The molecule has 6 nitrogen and oxygen atoms in total. The molecule has 0 spiro atoms. The van der Waals surface area contributed by atoms with Crippen molar-refractivity contribution in [1.82, 2.24) is 9.97 Å². The van der Waals surface area contributed by atoms with Crippen LogP contribution >= 0.6 is 0 Å². The lowest BCUT2D eigenvalue weighted by Crippen LogP contribution is -2.16. The quantitative estimate of drug-likeness (QED) is 0.811. The average Bonchev–Trinajstić information content (AvgIpc) is 2.87. The van der Waals surface area contributed by atoms with E-state index in [1.54, 1.807) is 0 Å². The number of amides is 1. The van der Waals surface area contributed by atoms with Crippen LogP contribution in [0.1, 0.15) is 26.5 Å². The number of anilines is 1. The fraction of sp³-hybridized carbons (Fsp3) is 0.0833. The predicted octanol–water partition coefficient (Wildman–Crippen LogP) is 2.38. The Labute approximate surface area is 115 Å². The normalized spacial score (nSPS) is 11.2. The summed E-state index contributed by atoms with van der Waals surface area (Å²) < 4.78 is 37.1. The molecule has 1 aromatic heterocycles. The van der Waals surface area contributed by atoms with Crippen LogP contribution in [0.5, 0.6) is 0 Å². The summed E-state index contributed by atoms with van der Waals surface area (Å²) in [5.74, 6) is -2.21. The summed E-state index contributed by atoms with van der Waals surface area (Å²) in [5.41, 5.74) is -1.53. The smallest absolute Gasteiger partial charge is 0.416 e. The number of hydrogen-bond donors (Lipinski definition) is 3. The van der Waals surface area contributed by atoms with Gasteiger partial charge in [-0.15, -0.1) is 0 Å². The summed E-state index contributed by atoms with van der Waals surface area (Å²) in [4.78, 5) is 28.5. The second-order valence-electron chi connectivity index (χ2n) is 3.96. The molecule has 0 atom stereocenters. The van der Waals surface area contributed by atoms with Crippen LogP contribution in [0, 0.1) is 0 Å². The van der Waals surface area contributed by atoms with Gasteiger partial charge in [-0.25, -0.2) is 9.78 Å². The van der Waals surface area contributed by atoms with Gasteiger partial charge in [0.2, 0.25) is 0 Å². The summed E-state index contributed by atoms with van der Waals surface area (Å²) in [6, 6.07) is 3.73. The zero-order valence-corrected chi connectivity index (χ0v) is 10.2. The SMILES string of the molecule is O=C(Nc1ccc(C(F)(F)F)cc1)c1nc[nH]c1C(=O)O. The van der Waals surface area contributed by atoms with Gasteiger partial charge in [-0.3, -0.25) is 4.79 Å². The molecule has 0 fully saturated rings. The minimum Gasteiger partial charge on any atom is -0.477 e. The van der Waals surface area contributed by atoms with Crippen molar-refractivity contribution in [3.8, 4) is 0 Å². The number of imidazole rings is 1. The number of halogens is 3. The molecular weight excluding hydrogens is 291 g/mol. The molecule has 3 N–H and O–H groups in total. The van der Waals surface area contributed by atoms with E-state index in [1.807, 2.05) is 0 Å². The first kappa shape index (κ1) is 14.6. The number of carbonyl (C=O) groups excluding carboxylic acids is 1. The molecule has 1 amide bonds. The largest absolute Gasteiger partial charge is 0.477 e. The number of carbonyl (C=O) groups is 2. The van der Waals surface area contributed by atoms with Gasteiger partial charge in [0, 0.05) is 5.69 Å². The highest BCUT2D eigenvalue weighted by atomic mass is 19.4. The Kier molecular flexibility index (Phi) is 3.66. The van der Waals surface area contributed by atoms with E-state index in [2.05, 4.69) is 15.3 Å². The Morgan fingerprint density at radius 3 is 2.33 bits per heavy atom. The van der Waals surface area contributed by atoms with Crippen molar-refractivity contribution >= 4 is 17.6 Å². The average molecular weight is 299 g/mol. The van der Waals surface area contributed by atoms with E-state index in [1.165, 1.54) is 0 Å². The summed E-state index contributed by atoms with van der Waals surface area (Å²) >= 11 is 0. The van der Waals surface area contributed by atoms with Gasteiger partial charge in [-0.1, -0.05) is 0 Å². The Bertz CT molecular complexity index is 677. The van der Waals surface area contributed by atoms with E-state index in [0.717, 1.165) is 30.6 Å². The highest BCUT2D eigenvalue weighted by Crippen LogP contribution is 2.29. The molecule has 0 aliphatic heterocycles. The number of aromatic amines is 1. The van der Waals surface area contributed by atoms with E-state index in [4.69, 9.17) is 5.11 Å². The van der Waals surface area contributed by atoms with Crippen molar-refractivity contribution < 1.29 is 27.9 Å². The minimum atomic E-state index is -4.47. The van der Waals surface area contributed by atoms with E-state index in [0.29, 0.717) is 0 Å². The lowest BCUT2D eigenvalue weighted by molar-refractivity contribution is -0.137. The van der Waals surface area contributed by atoms with Crippen molar-refractivity contribution in [1.29, 1.82) is 0 Å². The molecule has 0 aliphatic carbocycles. The molecule has 0 unspecified atom stereocenters. The first-order chi connectivity index (χ1) is 9.79. The zero-order chi connectivity index (χ0) is 15.6. The van der Waals surface area contributed by atoms with Gasteiger partial charge in [0.1, 0.15) is 0 Å². The van der Waals surface area contributed by atoms with E-state index in [-0.39, 0.29) is 11.4 Å². The van der Waals surface area contributed by atoms with Crippen molar-refractivity contribution in [2.45, 2.75) is 6.18 Å². The van der Waals surface area contributed by atoms with Crippen LogP contribution in [0.15, 0.2) is 30.6 Å². The lowest BCUT2D eigenvalue weighted by atomic mass is 10.2. The number of carboxylic acids is 1. The van der Waals surface area contributed by atoms with Gasteiger partial charge < -0.3 is 15.4 Å². The molecule has 9 heteroatoms. The van der Waals surface area contributed by atoms with Crippen LogP contribution in [-0.2, 0) is 6.18 Å². The number of nitrogens with one attached hydrogen (secondary N) is 2. The van der Waals surface area contributed by atoms with Crippen LogP contribution < -0.4 is 5.32 Å². The fourth-order valence-electron chi connectivity index (χ4n) is 1.56. The molecule has 1 heterocycles. The Morgan fingerprint density at radius 2 is 1.81 bits per heavy atom. The first-order valence-electron chi connectivity index (χ1n) is 5.54. The number of aromatic nitrogens is 2. The third kappa shape index (κ3) is 3.19. The highest BCUT2D eigenvalue weighted by molar-refractivity contribution is 6.08. The zero-order valence-electron chi connectivity index (χ0n) is 10.2. The number of alkyl halides is 3. The predicted molar refractivity (Wildman–Crippen MR) is 64.9 cm³/mol. The molecule has 110 valence electrons. The molecular formula is C12H8F3N3O3. The summed E-state index contributed by atoms with van der Waals surface area (Å²) in [5, 5.41) is 11.1. The van der Waals surface area contributed by atoms with Gasteiger partial charge in [0.05, 0.1) is 11.9 Å². The van der Waals surface area contributed by atoms with Crippen LogP contribution in [-0.4, -0.2) is 27.0 Å². The molecule has 0 saturated carbocycles. The van der Waals surface area contributed by atoms with Crippen LogP contribution in [0.2, 0.25) is 0 Å². The summed E-state index contributed by atoms with van der Waals surface area (Å²) in [6.07, 6.45) is -3.44. The highest BCUT2D eigenvalue weighted by Gasteiger charge is 2.30. The number of hydrogen-bond acceptors (Lipinski definition) is 3. The summed E-state index contributed by atoms with van der Waals surface area (Å²) in [7, 11) is 0. The maximum atomic E-state index is 12.4. The van der Waals surface area contributed by atoms with Gasteiger partial charge >= 0.3 is 12.1 Å². The van der Waals surface area contributed by atoms with Crippen molar-refractivity contribution in [3.63, 3.8) is 0 Å². The van der Waals surface area contributed by atoms with Crippen LogP contribution in [0.25, 0.3) is 0 Å². The molecule has 2 aromatic rings. The monoisotopic (exact) mass is 299 g/mol. The van der Waals surface area contributed by atoms with Crippen LogP contribution in [0.4, 0.5) is 18.9 Å². The number of carboxylic acid groups (broad SMARTS) is 1. The molecule has 0 saturated heterocycles. The third-order valence-electron chi connectivity index (χ3n) is 2.54. The number of aromatic carboxylic acids is 1. The van der Waals surface area contributed by atoms with Crippen LogP contribution in [0.3, 0.4) is 0 Å². The molecule has 1 aromatic carbocycles. The van der Waals surface area contributed by atoms with Crippen molar-refractivity contribution in [2.75, 3.05) is 5.32 Å². The second-order valence-corrected chi connectivity index (χ2v) is 3.96. The van der Waals surface area contributed by atoms with Crippen molar-refractivity contribution in [2.24, 2.45) is 0 Å². The van der Waals surface area contributed by atoms with E-state index >= 15 is 0 Å². The van der Waals surface area contributed by atoms with Gasteiger partial charge in [-0.05, 0) is 24.3 Å². The topological polar surface area (TPSA) is 95.1 Å². The molecule has 0 bridgehead atoms. The fourth-order valence-corrected chi connectivity index (χ4v) is 1.56. The Hall–Kier alpha value is -2.84. The molecule has 21 heavy (non-hydrogen) atoms. The Morgan fingerprint density at radius 1 is 1.19 bits per heavy atom. The van der Waals surface area contributed by atoms with Crippen molar-refractivity contribution in [3.05, 3.63) is 47.5 Å². The third-order valence-corrected chi connectivity index (χ3v) is 2.54. The maximum absolute atomic E-state index is 12.4. The van der Waals surface area contributed by atoms with Gasteiger partial charge in [0.25, 0.3) is 5.91 Å². The number of benzene rings is 1. The first-order valence-corrected chi connectivity index (χ1v) is 5.54.